The van der Waals surface area contributed by atoms with Gasteiger partial charge in [-0.2, -0.15) is 5.26 Å². The van der Waals surface area contributed by atoms with Gasteiger partial charge in [0.25, 0.3) is 0 Å². The maximum absolute atomic E-state index is 12.1. The van der Waals surface area contributed by atoms with Crippen LogP contribution in [0.25, 0.3) is 11.3 Å². The lowest BCUT2D eigenvalue weighted by molar-refractivity contribution is 0.521. The van der Waals surface area contributed by atoms with Crippen molar-refractivity contribution in [1.82, 2.24) is 9.29 Å². The number of thiazole rings is 1. The summed E-state index contributed by atoms with van der Waals surface area (Å²) in [6.07, 6.45) is 0. The highest BCUT2D eigenvalue weighted by molar-refractivity contribution is 7.89. The van der Waals surface area contributed by atoms with E-state index in [2.05, 4.69) is 16.4 Å². The lowest BCUT2D eigenvalue weighted by atomic mass is 10.2. The maximum atomic E-state index is 12.1. The number of nitriles is 1. The van der Waals surface area contributed by atoms with Crippen molar-refractivity contribution in [2.45, 2.75) is 4.90 Å². The predicted molar refractivity (Wildman–Crippen MR) is 103 cm³/mol. The Kier molecular flexibility index (Phi) is 5.04. The highest BCUT2D eigenvalue weighted by Crippen LogP contribution is 2.28. The third kappa shape index (κ3) is 3.75. The molecule has 6 nitrogen and oxygen atoms in total. The van der Waals surface area contributed by atoms with E-state index in [9.17, 15) is 8.42 Å². The van der Waals surface area contributed by atoms with Gasteiger partial charge in [-0.25, -0.2) is 17.7 Å². The molecule has 132 valence electrons. The van der Waals surface area contributed by atoms with Crippen molar-refractivity contribution in [3.8, 4) is 17.3 Å². The Morgan fingerprint density at radius 2 is 1.88 bits per heavy atom. The first-order valence-corrected chi connectivity index (χ1v) is 9.98. The van der Waals surface area contributed by atoms with E-state index in [0.717, 1.165) is 16.9 Å². The molecule has 2 aromatic carbocycles. The summed E-state index contributed by atoms with van der Waals surface area (Å²) in [5.41, 5.74) is 2.95. The van der Waals surface area contributed by atoms with E-state index in [0.29, 0.717) is 10.7 Å². The number of sulfonamides is 1. The van der Waals surface area contributed by atoms with E-state index in [4.69, 9.17) is 5.26 Å². The number of rotatable bonds is 5. The Balaban J connectivity index is 1.80. The number of aromatic nitrogens is 1. The summed E-state index contributed by atoms with van der Waals surface area (Å²) in [5, 5.41) is 14.7. The van der Waals surface area contributed by atoms with E-state index in [1.165, 1.54) is 29.7 Å². The number of nitrogens with one attached hydrogen (secondary N) is 1. The monoisotopic (exact) mass is 384 g/mol. The first kappa shape index (κ1) is 18.1. The van der Waals surface area contributed by atoms with Crippen molar-refractivity contribution in [1.29, 1.82) is 5.26 Å². The largest absolute Gasteiger partial charge is 0.331 e. The smallest absolute Gasteiger partial charge is 0.242 e. The summed E-state index contributed by atoms with van der Waals surface area (Å²) in [4.78, 5) is 4.77. The van der Waals surface area contributed by atoms with Crippen LogP contribution in [-0.4, -0.2) is 31.8 Å². The molecule has 0 saturated carbocycles. The fourth-order valence-electron chi connectivity index (χ4n) is 2.26. The van der Waals surface area contributed by atoms with Gasteiger partial charge in [0.05, 0.1) is 22.2 Å². The summed E-state index contributed by atoms with van der Waals surface area (Å²) in [5.74, 6) is 0. The van der Waals surface area contributed by atoms with Gasteiger partial charge in [0, 0.05) is 30.7 Å². The van der Waals surface area contributed by atoms with E-state index < -0.39 is 10.0 Å². The Bertz CT molecular complexity index is 1070. The Morgan fingerprint density at radius 3 is 2.54 bits per heavy atom. The molecule has 0 aliphatic heterocycles. The molecule has 0 aliphatic rings. The van der Waals surface area contributed by atoms with E-state index >= 15 is 0 Å². The second kappa shape index (κ2) is 7.25. The average molecular weight is 384 g/mol. The minimum absolute atomic E-state index is 0.244. The second-order valence-electron chi connectivity index (χ2n) is 5.67. The van der Waals surface area contributed by atoms with Crippen LogP contribution in [0.15, 0.2) is 58.8 Å². The summed E-state index contributed by atoms with van der Waals surface area (Å²) < 4.78 is 25.4. The van der Waals surface area contributed by atoms with Gasteiger partial charge < -0.3 is 5.32 Å². The van der Waals surface area contributed by atoms with E-state index in [1.54, 1.807) is 42.5 Å². The van der Waals surface area contributed by atoms with Gasteiger partial charge in [0.2, 0.25) is 10.0 Å². The summed E-state index contributed by atoms with van der Waals surface area (Å²) in [6.45, 7) is 0. The van der Waals surface area contributed by atoms with Crippen LogP contribution in [0.5, 0.6) is 0 Å². The minimum atomic E-state index is -3.44. The molecule has 0 aliphatic carbocycles. The van der Waals surface area contributed by atoms with Crippen LogP contribution >= 0.6 is 11.3 Å². The number of hydrogen-bond acceptors (Lipinski definition) is 6. The molecule has 0 radical (unpaired) electrons. The van der Waals surface area contributed by atoms with Gasteiger partial charge in [-0.05, 0) is 30.3 Å². The molecule has 3 rings (SSSR count). The highest BCUT2D eigenvalue weighted by Gasteiger charge is 2.17. The van der Waals surface area contributed by atoms with Crippen LogP contribution in [0.3, 0.4) is 0 Å². The van der Waals surface area contributed by atoms with E-state index in [-0.39, 0.29) is 4.90 Å². The lowest BCUT2D eigenvalue weighted by Crippen LogP contribution is -2.22. The molecular weight excluding hydrogens is 368 g/mol. The number of benzene rings is 2. The molecule has 0 fully saturated rings. The Morgan fingerprint density at radius 1 is 1.15 bits per heavy atom. The van der Waals surface area contributed by atoms with Gasteiger partial charge in [-0.3, -0.25) is 0 Å². The molecule has 0 spiro atoms. The van der Waals surface area contributed by atoms with Crippen LogP contribution in [0.2, 0.25) is 0 Å². The molecule has 0 saturated heterocycles. The van der Waals surface area contributed by atoms with Crippen LogP contribution in [-0.2, 0) is 10.0 Å². The average Bonchev–Trinajstić information content (AvgIpc) is 3.10. The molecule has 1 heterocycles. The third-order valence-corrected chi connectivity index (χ3v) is 6.26. The SMILES string of the molecule is CN(C)S(=O)(=O)c1ccc(-c2csc(Nc3cccc(C#N)c3)n2)cc1. The first-order chi connectivity index (χ1) is 12.4. The number of anilines is 2. The molecule has 0 bridgehead atoms. The summed E-state index contributed by atoms with van der Waals surface area (Å²) in [6, 6.07) is 15.9. The molecule has 26 heavy (non-hydrogen) atoms. The third-order valence-electron chi connectivity index (χ3n) is 3.68. The van der Waals surface area contributed by atoms with Crippen molar-refractivity contribution >= 4 is 32.2 Å². The molecule has 0 atom stereocenters. The normalized spacial score (nSPS) is 11.3. The van der Waals surface area contributed by atoms with Crippen molar-refractivity contribution < 1.29 is 8.42 Å². The number of hydrogen-bond donors (Lipinski definition) is 1. The van der Waals surface area contributed by atoms with Crippen molar-refractivity contribution in [3.63, 3.8) is 0 Å². The topological polar surface area (TPSA) is 86.1 Å². The highest BCUT2D eigenvalue weighted by atomic mass is 32.2. The van der Waals surface area contributed by atoms with E-state index in [1.807, 2.05) is 11.4 Å². The fourth-order valence-corrected chi connectivity index (χ4v) is 3.90. The van der Waals surface area contributed by atoms with Gasteiger partial charge in [-0.1, -0.05) is 18.2 Å². The summed E-state index contributed by atoms with van der Waals surface area (Å²) >= 11 is 1.44. The van der Waals surface area contributed by atoms with Crippen LogP contribution in [0.4, 0.5) is 10.8 Å². The molecular formula is C18H16N4O2S2. The quantitative estimate of drug-likeness (QED) is 0.725. The van der Waals surface area contributed by atoms with Crippen molar-refractivity contribution in [3.05, 3.63) is 59.5 Å². The van der Waals surface area contributed by atoms with Gasteiger partial charge in [0.15, 0.2) is 5.13 Å². The summed E-state index contributed by atoms with van der Waals surface area (Å²) in [7, 11) is -0.435. The van der Waals surface area contributed by atoms with Gasteiger partial charge in [-0.15, -0.1) is 11.3 Å². The Hall–Kier alpha value is -2.73. The fraction of sp³-hybridized carbons (Fsp3) is 0.111. The van der Waals surface area contributed by atoms with Gasteiger partial charge in [0.1, 0.15) is 0 Å². The van der Waals surface area contributed by atoms with Crippen LogP contribution < -0.4 is 5.32 Å². The molecule has 0 unspecified atom stereocenters. The minimum Gasteiger partial charge on any atom is -0.331 e. The number of nitrogens with zero attached hydrogens (tertiary/aromatic N) is 3. The zero-order valence-electron chi connectivity index (χ0n) is 14.2. The molecule has 3 aromatic rings. The molecule has 0 amide bonds. The van der Waals surface area contributed by atoms with Crippen LogP contribution in [0, 0.1) is 11.3 Å². The first-order valence-electron chi connectivity index (χ1n) is 7.66. The lowest BCUT2D eigenvalue weighted by Gasteiger charge is -2.11. The van der Waals surface area contributed by atoms with Crippen molar-refractivity contribution in [2.24, 2.45) is 0 Å². The molecule has 1 N–H and O–H groups in total. The second-order valence-corrected chi connectivity index (χ2v) is 8.68. The van der Waals surface area contributed by atoms with Crippen LogP contribution in [0.1, 0.15) is 5.56 Å². The zero-order valence-corrected chi connectivity index (χ0v) is 15.8. The van der Waals surface area contributed by atoms with Gasteiger partial charge >= 0.3 is 0 Å². The van der Waals surface area contributed by atoms with Crippen molar-refractivity contribution in [2.75, 3.05) is 19.4 Å². The molecule has 1 aromatic heterocycles. The zero-order chi connectivity index (χ0) is 18.7. The maximum Gasteiger partial charge on any atom is 0.242 e. The predicted octanol–water partition coefficient (Wildman–Crippen LogP) is 3.68. The Labute approximate surface area is 156 Å². The standard InChI is InChI=1S/C18H16N4O2S2/c1-22(2)26(23,24)16-8-6-14(7-9-16)17-12-25-18(21-17)20-15-5-3-4-13(10-15)11-19/h3-10,12H,1-2H3,(H,20,21). The molecule has 8 heteroatoms.